The number of aromatic nitrogens is 2. The van der Waals surface area contributed by atoms with Crippen LogP contribution < -0.4 is 10.5 Å². The lowest BCUT2D eigenvalue weighted by molar-refractivity contribution is -0.121. The summed E-state index contributed by atoms with van der Waals surface area (Å²) in [5.41, 5.74) is 1.80. The van der Waals surface area contributed by atoms with Gasteiger partial charge in [0.05, 0.1) is 10.5 Å². The van der Waals surface area contributed by atoms with Crippen LogP contribution in [0.15, 0.2) is 40.7 Å². The molecule has 0 aromatic carbocycles. The second kappa shape index (κ2) is 8.94. The molecule has 31 heavy (non-hydrogen) atoms. The molecular weight excluding hydrogens is 430 g/mol. The minimum Gasteiger partial charge on any atom is -0.353 e. The minimum atomic E-state index is -0.203. The highest BCUT2D eigenvalue weighted by atomic mass is 32.2. The largest absolute Gasteiger partial charge is 0.353 e. The molecule has 0 saturated carbocycles. The topological polar surface area (TPSA) is 61.2 Å². The van der Waals surface area contributed by atoms with Crippen LogP contribution in [0.5, 0.6) is 0 Å². The molecule has 0 bridgehead atoms. The van der Waals surface area contributed by atoms with Gasteiger partial charge in [-0.2, -0.15) is 0 Å². The van der Waals surface area contributed by atoms with Crippen molar-refractivity contribution in [3.05, 3.63) is 57.4 Å². The molecule has 2 aliphatic rings. The number of hydrogen-bond donors (Lipinski definition) is 0. The first-order valence-electron chi connectivity index (χ1n) is 10.3. The van der Waals surface area contributed by atoms with E-state index in [1.165, 1.54) is 16.7 Å². The van der Waals surface area contributed by atoms with Gasteiger partial charge in [-0.05, 0) is 31.2 Å². The van der Waals surface area contributed by atoms with Crippen molar-refractivity contribution in [3.63, 3.8) is 0 Å². The van der Waals surface area contributed by atoms with E-state index in [1.54, 1.807) is 22.7 Å². The number of fused-ring (bicyclic) bond motifs is 1. The molecule has 4 rings (SSSR count). The summed E-state index contributed by atoms with van der Waals surface area (Å²) in [7, 11) is 0. The van der Waals surface area contributed by atoms with Crippen LogP contribution in [0, 0.1) is 6.92 Å². The van der Waals surface area contributed by atoms with Crippen molar-refractivity contribution in [2.75, 3.05) is 44.2 Å². The fraction of sp³-hybridized carbons (Fsp3) is 0.364. The molecule has 0 atom stereocenters. The molecule has 4 heterocycles. The Morgan fingerprint density at radius 3 is 2.68 bits per heavy atom. The number of amides is 1. The average molecular weight is 456 g/mol. The standard InChI is InChI=1S/C22H25N5O2S2/c1-4-8-27-21(29)17(31-22(27)30)14-16-19(25-12-10-24(5-2)11-13-25)23-18-15(3)7-6-9-26(18)20(16)28/h4,6-7,9,14H,1,5,8,10-13H2,2-3H3. The Bertz CT molecular complexity index is 1150. The molecule has 0 N–H and O–H groups in total. The van der Waals surface area contributed by atoms with E-state index in [9.17, 15) is 9.59 Å². The second-order valence-electron chi connectivity index (χ2n) is 7.54. The van der Waals surface area contributed by atoms with Crippen LogP contribution in [0.3, 0.4) is 0 Å². The number of pyridine rings is 1. The van der Waals surface area contributed by atoms with E-state index in [1.807, 2.05) is 19.1 Å². The van der Waals surface area contributed by atoms with E-state index in [0.29, 0.717) is 32.8 Å². The predicted molar refractivity (Wildman–Crippen MR) is 131 cm³/mol. The van der Waals surface area contributed by atoms with Crippen molar-refractivity contribution in [3.8, 4) is 0 Å². The van der Waals surface area contributed by atoms with Gasteiger partial charge in [0.1, 0.15) is 15.8 Å². The van der Waals surface area contributed by atoms with Crippen molar-refractivity contribution < 1.29 is 4.79 Å². The first-order valence-corrected chi connectivity index (χ1v) is 11.5. The van der Waals surface area contributed by atoms with Gasteiger partial charge >= 0.3 is 0 Å². The van der Waals surface area contributed by atoms with E-state index >= 15 is 0 Å². The number of likely N-dealkylation sites (N-methyl/N-ethyl adjacent to an activating group) is 1. The predicted octanol–water partition coefficient (Wildman–Crippen LogP) is 2.53. The number of hydrogen-bond acceptors (Lipinski definition) is 7. The van der Waals surface area contributed by atoms with E-state index in [2.05, 4.69) is 23.3 Å². The maximum absolute atomic E-state index is 13.5. The lowest BCUT2D eigenvalue weighted by atomic mass is 10.2. The van der Waals surface area contributed by atoms with Crippen molar-refractivity contribution in [2.24, 2.45) is 0 Å². The third kappa shape index (κ3) is 4.05. The zero-order chi connectivity index (χ0) is 22.1. The Morgan fingerprint density at radius 2 is 2.00 bits per heavy atom. The summed E-state index contributed by atoms with van der Waals surface area (Å²) < 4.78 is 2.02. The fourth-order valence-electron chi connectivity index (χ4n) is 3.86. The summed E-state index contributed by atoms with van der Waals surface area (Å²) in [5.74, 6) is 0.425. The molecule has 0 unspecified atom stereocenters. The zero-order valence-electron chi connectivity index (χ0n) is 17.7. The summed E-state index contributed by atoms with van der Waals surface area (Å²) in [5, 5.41) is 0. The van der Waals surface area contributed by atoms with Gasteiger partial charge in [-0.25, -0.2) is 4.98 Å². The number of piperazine rings is 1. The average Bonchev–Trinajstić information content (AvgIpc) is 3.04. The van der Waals surface area contributed by atoms with Gasteiger partial charge in [0, 0.05) is 38.9 Å². The molecule has 0 aliphatic carbocycles. The molecular formula is C22H25N5O2S2. The van der Waals surface area contributed by atoms with Gasteiger partial charge in [0.2, 0.25) is 0 Å². The highest BCUT2D eigenvalue weighted by molar-refractivity contribution is 8.26. The molecule has 2 aliphatic heterocycles. The Hall–Kier alpha value is -2.49. The second-order valence-corrected chi connectivity index (χ2v) is 9.22. The van der Waals surface area contributed by atoms with E-state index in [0.717, 1.165) is 38.3 Å². The van der Waals surface area contributed by atoms with E-state index in [-0.39, 0.29) is 11.5 Å². The van der Waals surface area contributed by atoms with E-state index < -0.39 is 0 Å². The molecule has 2 aromatic heterocycles. The highest BCUT2D eigenvalue weighted by Crippen LogP contribution is 2.33. The van der Waals surface area contributed by atoms with Crippen molar-refractivity contribution >= 4 is 51.7 Å². The van der Waals surface area contributed by atoms with Gasteiger partial charge in [-0.15, -0.1) is 6.58 Å². The first kappa shape index (κ1) is 21.7. The Balaban J connectivity index is 1.85. The van der Waals surface area contributed by atoms with Gasteiger partial charge in [-0.3, -0.25) is 18.9 Å². The summed E-state index contributed by atoms with van der Waals surface area (Å²) in [4.78, 5) is 37.7. The third-order valence-electron chi connectivity index (χ3n) is 5.64. The molecule has 9 heteroatoms. The lowest BCUT2D eigenvalue weighted by Crippen LogP contribution is -2.47. The zero-order valence-corrected chi connectivity index (χ0v) is 19.3. The van der Waals surface area contributed by atoms with E-state index in [4.69, 9.17) is 17.2 Å². The summed E-state index contributed by atoms with van der Waals surface area (Å²) in [6.45, 7) is 12.5. The lowest BCUT2D eigenvalue weighted by Gasteiger charge is -2.35. The number of nitrogens with zero attached hydrogens (tertiary/aromatic N) is 5. The van der Waals surface area contributed by atoms with Gasteiger partial charge < -0.3 is 9.80 Å². The molecule has 0 radical (unpaired) electrons. The number of aryl methyl sites for hydroxylation is 1. The van der Waals surface area contributed by atoms with Crippen molar-refractivity contribution in [1.29, 1.82) is 0 Å². The van der Waals surface area contributed by atoms with Gasteiger partial charge in [0.25, 0.3) is 11.5 Å². The van der Waals surface area contributed by atoms with Crippen LogP contribution in [0.25, 0.3) is 11.7 Å². The van der Waals surface area contributed by atoms with Crippen LogP contribution in [0.4, 0.5) is 5.82 Å². The number of thioether (sulfide) groups is 1. The number of thiocarbonyl (C=S) groups is 1. The van der Waals surface area contributed by atoms with Gasteiger partial charge in [0.15, 0.2) is 0 Å². The Morgan fingerprint density at radius 1 is 1.26 bits per heavy atom. The fourth-order valence-corrected chi connectivity index (χ4v) is 5.12. The monoisotopic (exact) mass is 455 g/mol. The molecule has 2 fully saturated rings. The highest BCUT2D eigenvalue weighted by Gasteiger charge is 2.32. The number of anilines is 1. The molecule has 162 valence electrons. The van der Waals surface area contributed by atoms with Crippen LogP contribution >= 0.6 is 24.0 Å². The van der Waals surface area contributed by atoms with Crippen LogP contribution in [-0.2, 0) is 4.79 Å². The maximum Gasteiger partial charge on any atom is 0.267 e. The number of carbonyl (C=O) groups is 1. The molecule has 7 nitrogen and oxygen atoms in total. The summed E-state index contributed by atoms with van der Waals surface area (Å²) in [6, 6.07) is 3.78. The van der Waals surface area contributed by atoms with Crippen molar-refractivity contribution in [2.45, 2.75) is 13.8 Å². The summed E-state index contributed by atoms with van der Waals surface area (Å²) in [6.07, 6.45) is 5.02. The first-order chi connectivity index (χ1) is 14.9. The Labute approximate surface area is 191 Å². The molecule has 0 spiro atoms. The quantitative estimate of drug-likeness (QED) is 0.390. The minimum absolute atomic E-state index is 0.185. The SMILES string of the molecule is C=CCN1C(=O)C(=Cc2c(N3CCN(CC)CC3)nc3c(C)cccn3c2=O)SC1=S. The van der Waals surface area contributed by atoms with Crippen LogP contribution in [0.1, 0.15) is 18.1 Å². The number of rotatable bonds is 5. The molecule has 2 aromatic rings. The van der Waals surface area contributed by atoms with Gasteiger partial charge in [-0.1, -0.05) is 43.0 Å². The molecule has 2 saturated heterocycles. The Kier molecular flexibility index (Phi) is 6.27. The van der Waals surface area contributed by atoms with Crippen LogP contribution in [-0.4, -0.2) is 68.7 Å². The van der Waals surface area contributed by atoms with Crippen LogP contribution in [0.2, 0.25) is 0 Å². The number of carbonyl (C=O) groups excluding carboxylic acids is 1. The smallest absolute Gasteiger partial charge is 0.267 e. The maximum atomic E-state index is 13.5. The molecule has 1 amide bonds. The van der Waals surface area contributed by atoms with Crippen molar-refractivity contribution in [1.82, 2.24) is 19.2 Å². The normalized spacial score (nSPS) is 19.1. The summed E-state index contributed by atoms with van der Waals surface area (Å²) >= 11 is 6.56. The third-order valence-corrected chi connectivity index (χ3v) is 7.02.